The third kappa shape index (κ3) is 2.67. The predicted octanol–water partition coefficient (Wildman–Crippen LogP) is 1.96. The summed E-state index contributed by atoms with van der Waals surface area (Å²) in [6, 6.07) is 2.84. The molecule has 24 heavy (non-hydrogen) atoms. The van der Waals surface area contributed by atoms with E-state index in [2.05, 4.69) is 20.3 Å². The molecule has 0 saturated carbocycles. The minimum atomic E-state index is -0.623. The van der Waals surface area contributed by atoms with Crippen LogP contribution < -0.4 is 15.8 Å². The molecule has 2 aliphatic rings. The van der Waals surface area contributed by atoms with Crippen LogP contribution in [0.1, 0.15) is 19.3 Å². The van der Waals surface area contributed by atoms with Crippen molar-refractivity contribution in [3.63, 3.8) is 0 Å². The van der Waals surface area contributed by atoms with Gasteiger partial charge >= 0.3 is 0 Å². The molecule has 2 N–H and O–H groups in total. The number of hydrogen-bond donors (Lipinski definition) is 2. The summed E-state index contributed by atoms with van der Waals surface area (Å²) in [6.45, 7) is 2.58. The normalized spacial score (nSPS) is 23.3. The second-order valence-electron chi connectivity index (χ2n) is 6.40. The molecule has 6 nitrogen and oxygen atoms in total. The molecule has 1 spiro atoms. The lowest BCUT2D eigenvalue weighted by atomic mass is 9.97. The first-order valence-electron chi connectivity index (χ1n) is 7.98. The van der Waals surface area contributed by atoms with Crippen LogP contribution in [0, 0.1) is 5.95 Å². The molecule has 0 radical (unpaired) electrons. The zero-order chi connectivity index (χ0) is 16.7. The summed E-state index contributed by atoms with van der Waals surface area (Å²) in [6.07, 6.45) is 4.61. The highest BCUT2D eigenvalue weighted by Crippen LogP contribution is 2.34. The largest absolute Gasteiger partial charge is 0.353 e. The first kappa shape index (κ1) is 15.5. The van der Waals surface area contributed by atoms with E-state index in [0.717, 1.165) is 38.9 Å². The number of aromatic amines is 1. The van der Waals surface area contributed by atoms with Gasteiger partial charge in [0.2, 0.25) is 5.95 Å². The fraction of sp³-hybridized carbons (Fsp3) is 0.438. The molecule has 2 aliphatic heterocycles. The topological polar surface area (TPSA) is 73.9 Å². The number of rotatable bonds is 2. The smallest absolute Gasteiger partial charge is 0.272 e. The van der Waals surface area contributed by atoms with Crippen molar-refractivity contribution in [2.45, 2.75) is 24.8 Å². The third-order valence-corrected chi connectivity index (χ3v) is 5.17. The summed E-state index contributed by atoms with van der Waals surface area (Å²) < 4.78 is 13.4. The average Bonchev–Trinajstić information content (AvgIpc) is 3.20. The molecule has 8 heteroatoms. The monoisotopic (exact) mass is 349 g/mol. The van der Waals surface area contributed by atoms with Gasteiger partial charge in [-0.1, -0.05) is 11.6 Å². The molecule has 1 unspecified atom stereocenters. The molecule has 2 saturated heterocycles. The predicted molar refractivity (Wildman–Crippen MR) is 89.9 cm³/mol. The Labute approximate surface area is 143 Å². The maximum atomic E-state index is 13.4. The number of halogens is 2. The second-order valence-corrected chi connectivity index (χ2v) is 6.78. The Hall–Kier alpha value is -1.99. The molecule has 2 aromatic heterocycles. The highest BCUT2D eigenvalue weighted by atomic mass is 35.5. The molecule has 0 aromatic carbocycles. The van der Waals surface area contributed by atoms with Gasteiger partial charge in [-0.3, -0.25) is 4.79 Å². The van der Waals surface area contributed by atoms with E-state index < -0.39 is 11.5 Å². The van der Waals surface area contributed by atoms with Crippen LogP contribution in [0.4, 0.5) is 10.2 Å². The van der Waals surface area contributed by atoms with Crippen LogP contribution in [0.3, 0.4) is 0 Å². The van der Waals surface area contributed by atoms with E-state index in [-0.39, 0.29) is 10.6 Å². The average molecular weight is 350 g/mol. The van der Waals surface area contributed by atoms with E-state index in [4.69, 9.17) is 11.6 Å². The van der Waals surface area contributed by atoms with Crippen LogP contribution in [0.25, 0.3) is 11.4 Å². The van der Waals surface area contributed by atoms with Crippen LogP contribution in [0.15, 0.2) is 23.1 Å². The van der Waals surface area contributed by atoms with Crippen molar-refractivity contribution in [2.24, 2.45) is 0 Å². The molecule has 1 atom stereocenters. The van der Waals surface area contributed by atoms with Crippen LogP contribution >= 0.6 is 11.6 Å². The molecule has 0 aliphatic carbocycles. The Balaban J connectivity index is 1.72. The molecule has 4 rings (SSSR count). The lowest BCUT2D eigenvalue weighted by Gasteiger charge is -2.25. The molecule has 0 bridgehead atoms. The summed E-state index contributed by atoms with van der Waals surface area (Å²) in [5.74, 6) is 0.126. The van der Waals surface area contributed by atoms with Gasteiger partial charge < -0.3 is 15.2 Å². The lowest BCUT2D eigenvalue weighted by molar-refractivity contribution is 0.418. The van der Waals surface area contributed by atoms with Crippen LogP contribution in [0.5, 0.6) is 0 Å². The minimum Gasteiger partial charge on any atom is -0.353 e. The summed E-state index contributed by atoms with van der Waals surface area (Å²) in [7, 11) is 0. The van der Waals surface area contributed by atoms with E-state index in [9.17, 15) is 9.18 Å². The standard InChI is InChI=1S/C16H17ClFN5O/c17-12-14(23-7-4-16(9-23)3-1-5-20-16)21-13(22-15(12)24)10-2-6-19-11(18)8-10/h2,6,8,20H,1,3-5,7,9H2,(H,21,22,24). The van der Waals surface area contributed by atoms with Crippen LogP contribution in [0.2, 0.25) is 5.02 Å². The van der Waals surface area contributed by atoms with Gasteiger partial charge in [0.15, 0.2) is 5.82 Å². The van der Waals surface area contributed by atoms with Gasteiger partial charge in [-0.2, -0.15) is 4.39 Å². The molecule has 2 aromatic rings. The molecule has 126 valence electrons. The van der Waals surface area contributed by atoms with Crippen LogP contribution in [-0.4, -0.2) is 40.1 Å². The Bertz CT molecular complexity index is 833. The highest BCUT2D eigenvalue weighted by molar-refractivity contribution is 6.32. The van der Waals surface area contributed by atoms with Crippen molar-refractivity contribution in [1.82, 2.24) is 20.3 Å². The number of nitrogens with zero attached hydrogens (tertiary/aromatic N) is 3. The Morgan fingerprint density at radius 1 is 1.38 bits per heavy atom. The van der Waals surface area contributed by atoms with Crippen molar-refractivity contribution in [3.05, 3.63) is 39.7 Å². The number of nitrogens with one attached hydrogen (secondary N) is 2. The van der Waals surface area contributed by atoms with Crippen molar-refractivity contribution < 1.29 is 4.39 Å². The molecule has 4 heterocycles. The fourth-order valence-corrected chi connectivity index (χ4v) is 3.82. The fourth-order valence-electron chi connectivity index (χ4n) is 3.61. The Kier molecular flexibility index (Phi) is 3.77. The molecule has 0 amide bonds. The van der Waals surface area contributed by atoms with Gasteiger partial charge in [0.25, 0.3) is 5.56 Å². The van der Waals surface area contributed by atoms with Gasteiger partial charge in [0.05, 0.1) is 0 Å². The van der Waals surface area contributed by atoms with Crippen molar-refractivity contribution in [1.29, 1.82) is 0 Å². The maximum absolute atomic E-state index is 13.4. The van der Waals surface area contributed by atoms with E-state index in [1.54, 1.807) is 6.07 Å². The zero-order valence-corrected chi connectivity index (χ0v) is 13.7. The first-order chi connectivity index (χ1) is 11.6. The number of pyridine rings is 1. The van der Waals surface area contributed by atoms with Crippen molar-refractivity contribution >= 4 is 17.4 Å². The van der Waals surface area contributed by atoms with Gasteiger partial charge in [-0.15, -0.1) is 0 Å². The lowest BCUT2D eigenvalue weighted by Crippen LogP contribution is -2.42. The van der Waals surface area contributed by atoms with E-state index >= 15 is 0 Å². The third-order valence-electron chi connectivity index (χ3n) is 4.83. The summed E-state index contributed by atoms with van der Waals surface area (Å²) >= 11 is 6.20. The van der Waals surface area contributed by atoms with Crippen LogP contribution in [-0.2, 0) is 0 Å². The number of H-pyrrole nitrogens is 1. The van der Waals surface area contributed by atoms with Gasteiger partial charge in [-0.05, 0) is 31.9 Å². The van der Waals surface area contributed by atoms with Crippen molar-refractivity contribution in [3.8, 4) is 11.4 Å². The summed E-state index contributed by atoms with van der Waals surface area (Å²) in [5, 5.41) is 3.64. The maximum Gasteiger partial charge on any atom is 0.272 e. The summed E-state index contributed by atoms with van der Waals surface area (Å²) in [5.41, 5.74) is 0.135. The SMILES string of the molecule is O=c1[nH]c(-c2ccnc(F)c2)nc(N2CCC3(CCCN3)C2)c1Cl. The molecule has 2 fully saturated rings. The van der Waals surface area contributed by atoms with E-state index in [1.165, 1.54) is 12.3 Å². The number of hydrogen-bond acceptors (Lipinski definition) is 5. The number of aromatic nitrogens is 3. The first-order valence-corrected chi connectivity index (χ1v) is 8.36. The highest BCUT2D eigenvalue weighted by Gasteiger charge is 2.41. The van der Waals surface area contributed by atoms with Gasteiger partial charge in [-0.25, -0.2) is 9.97 Å². The number of anilines is 1. The Morgan fingerprint density at radius 2 is 2.25 bits per heavy atom. The zero-order valence-electron chi connectivity index (χ0n) is 13.0. The molecular formula is C16H17ClFN5O. The molecular weight excluding hydrogens is 333 g/mol. The van der Waals surface area contributed by atoms with Crippen molar-refractivity contribution in [2.75, 3.05) is 24.5 Å². The minimum absolute atomic E-state index is 0.0725. The quantitative estimate of drug-likeness (QED) is 0.811. The van der Waals surface area contributed by atoms with Gasteiger partial charge in [0, 0.05) is 36.5 Å². The summed E-state index contributed by atoms with van der Waals surface area (Å²) in [4.78, 5) is 24.9. The second kappa shape index (κ2) is 5.82. The Morgan fingerprint density at radius 3 is 3.00 bits per heavy atom. The van der Waals surface area contributed by atoms with Gasteiger partial charge in [0.1, 0.15) is 10.8 Å². The van der Waals surface area contributed by atoms with E-state index in [0.29, 0.717) is 17.2 Å². The van der Waals surface area contributed by atoms with E-state index in [1.807, 2.05) is 4.90 Å².